The van der Waals surface area contributed by atoms with Crippen molar-refractivity contribution in [2.45, 2.75) is 44.6 Å². The lowest BCUT2D eigenvalue weighted by Crippen LogP contribution is -2.61. The number of aromatic hydroxyl groups is 1. The Bertz CT molecular complexity index is 889. The third kappa shape index (κ3) is 3.50. The van der Waals surface area contributed by atoms with Crippen LogP contribution in [0.4, 0.5) is 0 Å². The van der Waals surface area contributed by atoms with Gasteiger partial charge in [0.1, 0.15) is 11.3 Å². The van der Waals surface area contributed by atoms with Gasteiger partial charge < -0.3 is 14.9 Å². The SMILES string of the molecule is CCCN1CCCC2(CCCN2C(=O)c2ccc(-c3ccc(O)cc3)cc2)C1=O. The van der Waals surface area contributed by atoms with E-state index in [-0.39, 0.29) is 17.6 Å². The Kier molecular flexibility index (Phi) is 5.31. The molecule has 1 spiro atoms. The fourth-order valence-electron chi connectivity index (χ4n) is 4.82. The van der Waals surface area contributed by atoms with Gasteiger partial charge in [0.2, 0.25) is 5.91 Å². The normalized spacial score (nSPS) is 21.8. The number of nitrogens with zero attached hydrogens (tertiary/aromatic N) is 2. The van der Waals surface area contributed by atoms with E-state index in [0.29, 0.717) is 12.1 Å². The summed E-state index contributed by atoms with van der Waals surface area (Å²) in [6.07, 6.45) is 4.31. The van der Waals surface area contributed by atoms with Crippen LogP contribution >= 0.6 is 0 Å². The molecule has 4 rings (SSSR count). The highest BCUT2D eigenvalue weighted by Crippen LogP contribution is 2.39. The van der Waals surface area contributed by atoms with Crippen LogP contribution in [0.3, 0.4) is 0 Å². The van der Waals surface area contributed by atoms with Gasteiger partial charge in [-0.15, -0.1) is 0 Å². The van der Waals surface area contributed by atoms with Crippen LogP contribution < -0.4 is 0 Å². The van der Waals surface area contributed by atoms with E-state index >= 15 is 0 Å². The van der Waals surface area contributed by atoms with Crippen molar-refractivity contribution in [1.82, 2.24) is 9.80 Å². The minimum atomic E-state index is -0.653. The summed E-state index contributed by atoms with van der Waals surface area (Å²) in [6.45, 7) is 4.30. The smallest absolute Gasteiger partial charge is 0.254 e. The van der Waals surface area contributed by atoms with E-state index in [0.717, 1.165) is 56.3 Å². The zero-order valence-electron chi connectivity index (χ0n) is 16.9. The minimum absolute atomic E-state index is 0.0496. The van der Waals surface area contributed by atoms with Crippen LogP contribution in [0.25, 0.3) is 11.1 Å². The highest BCUT2D eigenvalue weighted by atomic mass is 16.3. The molecular weight excluding hydrogens is 364 g/mol. The van der Waals surface area contributed by atoms with Crippen LogP contribution in [0.15, 0.2) is 48.5 Å². The summed E-state index contributed by atoms with van der Waals surface area (Å²) in [5.74, 6) is 0.317. The molecule has 152 valence electrons. The van der Waals surface area contributed by atoms with Gasteiger partial charge in [0.15, 0.2) is 0 Å². The topological polar surface area (TPSA) is 60.9 Å². The van der Waals surface area contributed by atoms with E-state index in [2.05, 4.69) is 6.92 Å². The van der Waals surface area contributed by atoms with Crippen molar-refractivity contribution in [3.63, 3.8) is 0 Å². The van der Waals surface area contributed by atoms with Crippen LogP contribution in [-0.4, -0.2) is 51.9 Å². The molecule has 1 N–H and O–H groups in total. The highest BCUT2D eigenvalue weighted by molar-refractivity contribution is 6.00. The average molecular weight is 392 g/mol. The fraction of sp³-hybridized carbons (Fsp3) is 0.417. The zero-order chi connectivity index (χ0) is 20.4. The molecule has 0 aromatic heterocycles. The Hall–Kier alpha value is -2.82. The van der Waals surface area contributed by atoms with Gasteiger partial charge >= 0.3 is 0 Å². The molecule has 2 saturated heterocycles. The largest absolute Gasteiger partial charge is 0.508 e. The number of benzene rings is 2. The first-order valence-corrected chi connectivity index (χ1v) is 10.6. The molecule has 5 nitrogen and oxygen atoms in total. The van der Waals surface area contributed by atoms with Gasteiger partial charge in [-0.2, -0.15) is 0 Å². The van der Waals surface area contributed by atoms with E-state index in [1.54, 1.807) is 12.1 Å². The number of phenols is 1. The molecule has 5 heteroatoms. The third-order valence-corrected chi connectivity index (χ3v) is 6.26. The van der Waals surface area contributed by atoms with Crippen LogP contribution in [-0.2, 0) is 4.79 Å². The molecule has 2 heterocycles. The Morgan fingerprint density at radius 3 is 2.17 bits per heavy atom. The minimum Gasteiger partial charge on any atom is -0.508 e. The lowest BCUT2D eigenvalue weighted by atomic mass is 9.85. The molecule has 1 atom stereocenters. The van der Waals surface area contributed by atoms with Crippen molar-refractivity contribution in [2.24, 2.45) is 0 Å². The molecule has 1 unspecified atom stereocenters. The Labute approximate surface area is 171 Å². The molecule has 0 radical (unpaired) electrons. The molecule has 2 aliphatic heterocycles. The summed E-state index contributed by atoms with van der Waals surface area (Å²) in [6, 6.07) is 14.5. The van der Waals surface area contributed by atoms with Crippen LogP contribution in [0.1, 0.15) is 49.4 Å². The second-order valence-corrected chi connectivity index (χ2v) is 8.11. The number of carbonyl (C=O) groups excluding carboxylic acids is 2. The highest BCUT2D eigenvalue weighted by Gasteiger charge is 2.52. The fourth-order valence-corrected chi connectivity index (χ4v) is 4.82. The van der Waals surface area contributed by atoms with E-state index in [1.807, 2.05) is 46.2 Å². The van der Waals surface area contributed by atoms with Gasteiger partial charge in [-0.1, -0.05) is 31.2 Å². The van der Waals surface area contributed by atoms with Gasteiger partial charge in [-0.3, -0.25) is 9.59 Å². The maximum Gasteiger partial charge on any atom is 0.254 e. The van der Waals surface area contributed by atoms with Gasteiger partial charge in [0.25, 0.3) is 5.91 Å². The maximum absolute atomic E-state index is 13.3. The standard InChI is InChI=1S/C24H28N2O3/c1-2-15-25-16-3-13-24(23(25)29)14-4-17-26(24)22(28)20-7-5-18(6-8-20)19-9-11-21(27)12-10-19/h5-12,27H,2-4,13-17H2,1H3. The number of rotatable bonds is 4. The molecule has 2 aromatic carbocycles. The number of amides is 2. The number of hydrogen-bond acceptors (Lipinski definition) is 3. The summed E-state index contributed by atoms with van der Waals surface area (Å²) in [5, 5.41) is 9.46. The molecule has 2 aliphatic rings. The Balaban J connectivity index is 1.57. The second-order valence-electron chi connectivity index (χ2n) is 8.11. The zero-order valence-corrected chi connectivity index (χ0v) is 16.9. The van der Waals surface area contributed by atoms with E-state index < -0.39 is 5.54 Å². The van der Waals surface area contributed by atoms with Gasteiger partial charge in [-0.25, -0.2) is 0 Å². The van der Waals surface area contributed by atoms with Gasteiger partial charge in [0, 0.05) is 25.2 Å². The van der Waals surface area contributed by atoms with Crippen molar-refractivity contribution in [3.8, 4) is 16.9 Å². The van der Waals surface area contributed by atoms with E-state index in [9.17, 15) is 14.7 Å². The predicted molar refractivity (Wildman–Crippen MR) is 113 cm³/mol. The molecule has 2 aromatic rings. The van der Waals surface area contributed by atoms with Crippen LogP contribution in [0.5, 0.6) is 5.75 Å². The summed E-state index contributed by atoms with van der Waals surface area (Å²) in [4.78, 5) is 30.4. The Morgan fingerprint density at radius 2 is 1.55 bits per heavy atom. The van der Waals surface area contributed by atoms with Crippen molar-refractivity contribution >= 4 is 11.8 Å². The summed E-state index contributed by atoms with van der Waals surface area (Å²) in [5.41, 5.74) is 1.94. The third-order valence-electron chi connectivity index (χ3n) is 6.26. The quantitative estimate of drug-likeness (QED) is 0.853. The Morgan fingerprint density at radius 1 is 0.966 bits per heavy atom. The average Bonchev–Trinajstić information content (AvgIpc) is 3.16. The summed E-state index contributed by atoms with van der Waals surface area (Å²) in [7, 11) is 0. The van der Waals surface area contributed by atoms with Gasteiger partial charge in [-0.05, 0) is 67.5 Å². The first kappa shape index (κ1) is 19.5. The van der Waals surface area contributed by atoms with Gasteiger partial charge in [0.05, 0.1) is 0 Å². The predicted octanol–water partition coefficient (Wildman–Crippen LogP) is 4.07. The first-order valence-electron chi connectivity index (χ1n) is 10.6. The lowest BCUT2D eigenvalue weighted by Gasteiger charge is -2.44. The van der Waals surface area contributed by atoms with Crippen LogP contribution in [0.2, 0.25) is 0 Å². The molecule has 0 bridgehead atoms. The van der Waals surface area contributed by atoms with Crippen molar-refractivity contribution in [3.05, 3.63) is 54.1 Å². The number of carbonyl (C=O) groups is 2. The lowest BCUT2D eigenvalue weighted by molar-refractivity contribution is -0.145. The number of piperidine rings is 1. The van der Waals surface area contributed by atoms with Crippen molar-refractivity contribution in [1.29, 1.82) is 0 Å². The number of phenolic OH excluding ortho intramolecular Hbond substituents is 1. The summed E-state index contributed by atoms with van der Waals surface area (Å²) >= 11 is 0. The van der Waals surface area contributed by atoms with E-state index in [1.165, 1.54) is 0 Å². The maximum atomic E-state index is 13.3. The first-order chi connectivity index (χ1) is 14.0. The second kappa shape index (κ2) is 7.90. The molecular formula is C24H28N2O3. The van der Waals surface area contributed by atoms with Crippen molar-refractivity contribution < 1.29 is 14.7 Å². The number of likely N-dealkylation sites (tertiary alicyclic amines) is 2. The monoisotopic (exact) mass is 392 g/mol. The van der Waals surface area contributed by atoms with Crippen molar-refractivity contribution in [2.75, 3.05) is 19.6 Å². The van der Waals surface area contributed by atoms with E-state index in [4.69, 9.17) is 0 Å². The molecule has 2 fully saturated rings. The summed E-state index contributed by atoms with van der Waals surface area (Å²) < 4.78 is 0. The molecule has 0 aliphatic carbocycles. The molecule has 0 saturated carbocycles. The molecule has 29 heavy (non-hydrogen) atoms. The number of hydrogen-bond donors (Lipinski definition) is 1. The molecule has 2 amide bonds. The van der Waals surface area contributed by atoms with Crippen LogP contribution in [0, 0.1) is 0 Å².